The Labute approximate surface area is 118 Å². The molecule has 0 saturated carbocycles. The number of hydrogen-bond acceptors (Lipinski definition) is 2. The van der Waals surface area contributed by atoms with Gasteiger partial charge in [-0.3, -0.25) is 0 Å². The number of aryl methyl sites for hydroxylation is 1. The van der Waals surface area contributed by atoms with Crippen molar-refractivity contribution in [1.29, 1.82) is 0 Å². The smallest absolute Gasteiger partial charge is 0.339 e. The van der Waals surface area contributed by atoms with Crippen molar-refractivity contribution in [3.05, 3.63) is 71.3 Å². The van der Waals surface area contributed by atoms with Crippen molar-refractivity contribution in [2.24, 2.45) is 0 Å². The number of para-hydroxylation sites is 1. The molecule has 102 valence electrons. The minimum Gasteiger partial charge on any atom is -0.488 e. The van der Waals surface area contributed by atoms with E-state index in [1.807, 2.05) is 55.5 Å². The van der Waals surface area contributed by atoms with Crippen LogP contribution in [0.15, 0.2) is 54.6 Å². The Morgan fingerprint density at radius 1 is 1.15 bits per heavy atom. The van der Waals surface area contributed by atoms with Crippen molar-refractivity contribution < 1.29 is 14.6 Å². The van der Waals surface area contributed by atoms with E-state index in [4.69, 9.17) is 9.84 Å². The second-order valence-corrected chi connectivity index (χ2v) is 4.38. The average molecular weight is 268 g/mol. The van der Waals surface area contributed by atoms with Crippen LogP contribution in [-0.2, 0) is 0 Å². The third-order valence-electron chi connectivity index (χ3n) is 2.88. The molecule has 0 aliphatic carbocycles. The Bertz CT molecular complexity index is 615. The maximum atomic E-state index is 11.1. The van der Waals surface area contributed by atoms with E-state index in [1.165, 1.54) is 0 Å². The summed E-state index contributed by atoms with van der Waals surface area (Å²) in [5.41, 5.74) is 2.09. The van der Waals surface area contributed by atoms with Crippen LogP contribution in [0, 0.1) is 6.92 Å². The number of ether oxygens (including phenoxy) is 1. The van der Waals surface area contributed by atoms with E-state index in [-0.39, 0.29) is 5.56 Å². The first kappa shape index (κ1) is 13.9. The lowest BCUT2D eigenvalue weighted by molar-refractivity contribution is 0.0692. The van der Waals surface area contributed by atoms with Gasteiger partial charge in [0.05, 0.1) is 0 Å². The molecule has 0 saturated heterocycles. The van der Waals surface area contributed by atoms with Gasteiger partial charge in [-0.15, -0.1) is 0 Å². The summed E-state index contributed by atoms with van der Waals surface area (Å²) in [5.74, 6) is -0.548. The van der Waals surface area contributed by atoms with E-state index in [9.17, 15) is 4.79 Å². The zero-order valence-electron chi connectivity index (χ0n) is 11.2. The second-order valence-electron chi connectivity index (χ2n) is 4.38. The molecule has 0 fully saturated rings. The van der Waals surface area contributed by atoms with E-state index < -0.39 is 5.97 Å². The van der Waals surface area contributed by atoms with E-state index in [0.29, 0.717) is 12.4 Å². The van der Waals surface area contributed by atoms with E-state index in [0.717, 1.165) is 11.1 Å². The SMILES string of the molecule is Cc1cccc(C(=O)O)c1OC/C=C/c1ccccc1. The minimum atomic E-state index is -0.976. The minimum absolute atomic E-state index is 0.193. The molecule has 0 spiro atoms. The van der Waals surface area contributed by atoms with Gasteiger partial charge in [-0.25, -0.2) is 4.79 Å². The largest absolute Gasteiger partial charge is 0.488 e. The fraction of sp³-hybridized carbons (Fsp3) is 0.118. The molecule has 1 N–H and O–H groups in total. The van der Waals surface area contributed by atoms with E-state index in [1.54, 1.807) is 12.1 Å². The molecular formula is C17H16O3. The fourth-order valence-corrected chi connectivity index (χ4v) is 1.89. The molecule has 0 amide bonds. The molecule has 0 aliphatic rings. The number of aromatic carboxylic acids is 1. The van der Waals surface area contributed by atoms with E-state index >= 15 is 0 Å². The maximum Gasteiger partial charge on any atom is 0.339 e. The molecule has 2 rings (SSSR count). The van der Waals surface area contributed by atoms with Gasteiger partial charge < -0.3 is 9.84 Å². The molecule has 3 heteroatoms. The van der Waals surface area contributed by atoms with Crippen molar-refractivity contribution in [1.82, 2.24) is 0 Å². The Balaban J connectivity index is 2.05. The molecule has 3 nitrogen and oxygen atoms in total. The summed E-state index contributed by atoms with van der Waals surface area (Å²) in [5, 5.41) is 9.13. The molecular weight excluding hydrogens is 252 g/mol. The van der Waals surface area contributed by atoms with Gasteiger partial charge in [-0.1, -0.05) is 48.5 Å². The number of carboxylic acids is 1. The summed E-state index contributed by atoms with van der Waals surface area (Å²) >= 11 is 0. The molecule has 20 heavy (non-hydrogen) atoms. The highest BCUT2D eigenvalue weighted by Crippen LogP contribution is 2.23. The molecule has 0 radical (unpaired) electrons. The Morgan fingerprint density at radius 2 is 1.90 bits per heavy atom. The summed E-state index contributed by atoms with van der Waals surface area (Å²) in [6.45, 7) is 2.17. The Hall–Kier alpha value is -2.55. The Kier molecular flexibility index (Phi) is 4.56. The van der Waals surface area contributed by atoms with Crippen LogP contribution in [0.4, 0.5) is 0 Å². The zero-order valence-corrected chi connectivity index (χ0v) is 11.2. The van der Waals surface area contributed by atoms with Crippen LogP contribution >= 0.6 is 0 Å². The van der Waals surface area contributed by atoms with Gasteiger partial charge in [0.25, 0.3) is 0 Å². The summed E-state index contributed by atoms with van der Waals surface area (Å²) in [7, 11) is 0. The topological polar surface area (TPSA) is 46.5 Å². The number of benzene rings is 2. The van der Waals surface area contributed by atoms with Crippen molar-refractivity contribution in [2.45, 2.75) is 6.92 Å². The van der Waals surface area contributed by atoms with Crippen molar-refractivity contribution in [2.75, 3.05) is 6.61 Å². The number of rotatable bonds is 5. The second kappa shape index (κ2) is 6.57. The highest BCUT2D eigenvalue weighted by molar-refractivity contribution is 5.91. The zero-order chi connectivity index (χ0) is 14.4. The predicted molar refractivity (Wildman–Crippen MR) is 79.1 cm³/mol. The molecule has 2 aromatic carbocycles. The van der Waals surface area contributed by atoms with Crippen LogP contribution in [0.1, 0.15) is 21.5 Å². The Morgan fingerprint density at radius 3 is 2.60 bits per heavy atom. The number of carboxylic acid groups (broad SMARTS) is 1. The predicted octanol–water partition coefficient (Wildman–Crippen LogP) is 3.79. The molecule has 0 heterocycles. The fourth-order valence-electron chi connectivity index (χ4n) is 1.89. The van der Waals surface area contributed by atoms with Crippen LogP contribution in [0.5, 0.6) is 5.75 Å². The van der Waals surface area contributed by atoms with Gasteiger partial charge in [0.15, 0.2) is 0 Å². The van der Waals surface area contributed by atoms with Crippen LogP contribution < -0.4 is 4.74 Å². The van der Waals surface area contributed by atoms with Gasteiger partial charge in [0.2, 0.25) is 0 Å². The number of carbonyl (C=O) groups is 1. The monoisotopic (exact) mass is 268 g/mol. The van der Waals surface area contributed by atoms with Gasteiger partial charge in [-0.05, 0) is 30.2 Å². The normalized spacial score (nSPS) is 10.7. The molecule has 0 bridgehead atoms. The van der Waals surface area contributed by atoms with E-state index in [2.05, 4.69) is 0 Å². The molecule has 0 unspecified atom stereocenters. The summed E-state index contributed by atoms with van der Waals surface area (Å²) in [4.78, 5) is 11.1. The number of hydrogen-bond donors (Lipinski definition) is 1. The van der Waals surface area contributed by atoms with Crippen LogP contribution in [0.2, 0.25) is 0 Å². The molecule has 0 aliphatic heterocycles. The highest BCUT2D eigenvalue weighted by atomic mass is 16.5. The molecule has 2 aromatic rings. The third-order valence-corrected chi connectivity index (χ3v) is 2.88. The lowest BCUT2D eigenvalue weighted by Crippen LogP contribution is -2.04. The van der Waals surface area contributed by atoms with Gasteiger partial charge in [0.1, 0.15) is 17.9 Å². The first-order valence-corrected chi connectivity index (χ1v) is 6.36. The highest BCUT2D eigenvalue weighted by Gasteiger charge is 2.12. The summed E-state index contributed by atoms with van der Waals surface area (Å²) in [6, 6.07) is 15.0. The molecule has 0 aromatic heterocycles. The maximum absolute atomic E-state index is 11.1. The first-order valence-electron chi connectivity index (χ1n) is 6.36. The van der Waals surface area contributed by atoms with Gasteiger partial charge in [-0.2, -0.15) is 0 Å². The summed E-state index contributed by atoms with van der Waals surface area (Å²) in [6.07, 6.45) is 3.81. The van der Waals surface area contributed by atoms with Crippen LogP contribution in [-0.4, -0.2) is 17.7 Å². The van der Waals surface area contributed by atoms with Crippen LogP contribution in [0.3, 0.4) is 0 Å². The standard InChI is InChI=1S/C17H16O3/c1-13-7-5-11-15(17(18)19)16(13)20-12-6-10-14-8-3-2-4-9-14/h2-11H,12H2,1H3,(H,18,19)/b10-6+. The van der Waals surface area contributed by atoms with Crippen molar-refractivity contribution in [3.8, 4) is 5.75 Å². The molecule has 0 atom stereocenters. The van der Waals surface area contributed by atoms with Crippen LogP contribution in [0.25, 0.3) is 6.08 Å². The third kappa shape index (κ3) is 3.48. The lowest BCUT2D eigenvalue weighted by Gasteiger charge is -2.10. The van der Waals surface area contributed by atoms with Crippen molar-refractivity contribution in [3.63, 3.8) is 0 Å². The van der Waals surface area contributed by atoms with Crippen molar-refractivity contribution >= 4 is 12.0 Å². The first-order chi connectivity index (χ1) is 9.68. The van der Waals surface area contributed by atoms with Gasteiger partial charge in [0, 0.05) is 0 Å². The summed E-state index contributed by atoms with van der Waals surface area (Å²) < 4.78 is 5.58. The van der Waals surface area contributed by atoms with Gasteiger partial charge >= 0.3 is 5.97 Å². The average Bonchev–Trinajstić information content (AvgIpc) is 2.45. The lowest BCUT2D eigenvalue weighted by atomic mass is 10.1. The quantitative estimate of drug-likeness (QED) is 0.897.